The van der Waals surface area contributed by atoms with Gasteiger partial charge in [-0.05, 0) is 60.2 Å². The summed E-state index contributed by atoms with van der Waals surface area (Å²) < 4.78 is 11.8. The number of amides is 1. The van der Waals surface area contributed by atoms with Crippen LogP contribution in [-0.4, -0.2) is 29.3 Å². The van der Waals surface area contributed by atoms with Gasteiger partial charge in [-0.15, -0.1) is 10.2 Å². The first-order valence-electron chi connectivity index (χ1n) is 11.1. The standard InChI is InChI=1S/C26H28N4O3S/c1-5-24-29-30-26(34-24)28-25(31)20(16-27)14-19-7-6-8-21(15-19)32-11-12-33-23-13-18(4)9-10-22(23)17(2)3/h6-10,13-15,17H,5,11-12H2,1-4H3,(H,28,30,31)/b20-14-. The minimum atomic E-state index is -0.528. The highest BCUT2D eigenvalue weighted by Gasteiger charge is 2.13. The molecule has 0 unspecified atom stereocenters. The van der Waals surface area contributed by atoms with Gasteiger partial charge in [-0.25, -0.2) is 0 Å². The average molecular weight is 477 g/mol. The molecule has 0 spiro atoms. The molecule has 3 aromatic rings. The molecule has 0 saturated heterocycles. The number of nitrogens with zero attached hydrogens (tertiary/aromatic N) is 3. The quantitative estimate of drug-likeness (QED) is 0.235. The summed E-state index contributed by atoms with van der Waals surface area (Å²) in [4.78, 5) is 12.5. The van der Waals surface area contributed by atoms with Gasteiger partial charge in [0.2, 0.25) is 5.13 Å². The van der Waals surface area contributed by atoms with Gasteiger partial charge < -0.3 is 9.47 Å². The van der Waals surface area contributed by atoms with Crippen molar-refractivity contribution in [3.05, 3.63) is 69.7 Å². The van der Waals surface area contributed by atoms with Crippen LogP contribution in [-0.2, 0) is 11.2 Å². The Morgan fingerprint density at radius 3 is 2.68 bits per heavy atom. The topological polar surface area (TPSA) is 97.1 Å². The number of carbonyl (C=O) groups excluding carboxylic acids is 1. The molecular formula is C26H28N4O3S. The fourth-order valence-electron chi connectivity index (χ4n) is 3.18. The lowest BCUT2D eigenvalue weighted by Crippen LogP contribution is -2.13. The fraction of sp³-hybridized carbons (Fsp3) is 0.308. The maximum absolute atomic E-state index is 12.5. The average Bonchev–Trinajstić information content (AvgIpc) is 3.28. The van der Waals surface area contributed by atoms with E-state index in [2.05, 4.69) is 41.5 Å². The Balaban J connectivity index is 1.59. The van der Waals surface area contributed by atoms with Crippen LogP contribution in [0.3, 0.4) is 0 Å². The van der Waals surface area contributed by atoms with E-state index in [4.69, 9.17) is 9.47 Å². The molecule has 2 aromatic carbocycles. The molecule has 0 aliphatic rings. The number of aryl methyl sites for hydroxylation is 2. The van der Waals surface area contributed by atoms with Crippen LogP contribution in [0, 0.1) is 18.3 Å². The number of carbonyl (C=O) groups is 1. The van der Waals surface area contributed by atoms with E-state index in [1.807, 2.05) is 38.1 Å². The van der Waals surface area contributed by atoms with Crippen molar-refractivity contribution in [3.8, 4) is 17.6 Å². The van der Waals surface area contributed by atoms with Crippen LogP contribution in [0.15, 0.2) is 48.0 Å². The van der Waals surface area contributed by atoms with Crippen molar-refractivity contribution in [3.63, 3.8) is 0 Å². The molecule has 0 fully saturated rings. The number of aromatic nitrogens is 2. The number of rotatable bonds is 10. The van der Waals surface area contributed by atoms with Gasteiger partial charge >= 0.3 is 0 Å². The van der Waals surface area contributed by atoms with Crippen molar-refractivity contribution in [2.45, 2.75) is 40.0 Å². The maximum Gasteiger partial charge on any atom is 0.268 e. The predicted molar refractivity (Wildman–Crippen MR) is 134 cm³/mol. The second-order valence-corrected chi connectivity index (χ2v) is 9.01. The summed E-state index contributed by atoms with van der Waals surface area (Å²) in [5.41, 5.74) is 2.96. The second-order valence-electron chi connectivity index (χ2n) is 7.94. The van der Waals surface area contributed by atoms with Crippen LogP contribution in [0.2, 0.25) is 0 Å². The molecule has 1 heterocycles. The van der Waals surface area contributed by atoms with Crippen LogP contribution < -0.4 is 14.8 Å². The van der Waals surface area contributed by atoms with Crippen molar-refractivity contribution >= 4 is 28.5 Å². The third-order valence-electron chi connectivity index (χ3n) is 4.92. The van der Waals surface area contributed by atoms with E-state index >= 15 is 0 Å². The zero-order chi connectivity index (χ0) is 24.5. The minimum absolute atomic E-state index is 0.0330. The van der Waals surface area contributed by atoms with E-state index in [1.165, 1.54) is 23.0 Å². The van der Waals surface area contributed by atoms with Crippen molar-refractivity contribution in [1.82, 2.24) is 10.2 Å². The van der Waals surface area contributed by atoms with Crippen LogP contribution >= 0.6 is 11.3 Å². The third-order valence-corrected chi connectivity index (χ3v) is 5.91. The Morgan fingerprint density at radius 1 is 1.18 bits per heavy atom. The number of nitriles is 1. The van der Waals surface area contributed by atoms with Gasteiger partial charge in [0.15, 0.2) is 0 Å². The maximum atomic E-state index is 12.5. The molecule has 0 bridgehead atoms. The largest absolute Gasteiger partial charge is 0.490 e. The second kappa shape index (κ2) is 12.0. The van der Waals surface area contributed by atoms with Crippen LogP contribution in [0.4, 0.5) is 5.13 Å². The highest BCUT2D eigenvalue weighted by molar-refractivity contribution is 7.15. The smallest absolute Gasteiger partial charge is 0.268 e. The lowest BCUT2D eigenvalue weighted by molar-refractivity contribution is -0.112. The molecule has 1 N–H and O–H groups in total. The Hall–Kier alpha value is -3.70. The van der Waals surface area contributed by atoms with Gasteiger partial charge in [-0.2, -0.15) is 5.26 Å². The van der Waals surface area contributed by atoms with Gasteiger partial charge in [0, 0.05) is 0 Å². The molecule has 7 nitrogen and oxygen atoms in total. The fourth-order valence-corrected chi connectivity index (χ4v) is 3.85. The highest BCUT2D eigenvalue weighted by atomic mass is 32.1. The molecule has 0 saturated carbocycles. The number of hydrogen-bond acceptors (Lipinski definition) is 7. The molecule has 34 heavy (non-hydrogen) atoms. The van der Waals surface area contributed by atoms with Gasteiger partial charge in [-0.1, -0.05) is 56.4 Å². The van der Waals surface area contributed by atoms with Gasteiger partial charge in [0.05, 0.1) is 0 Å². The summed E-state index contributed by atoms with van der Waals surface area (Å²) in [6.45, 7) is 9.04. The van der Waals surface area contributed by atoms with Crippen molar-refractivity contribution in [2.75, 3.05) is 18.5 Å². The highest BCUT2D eigenvalue weighted by Crippen LogP contribution is 2.27. The molecular weight excluding hydrogens is 448 g/mol. The molecule has 176 valence electrons. The molecule has 0 aliphatic carbocycles. The molecule has 1 amide bonds. The van der Waals surface area contributed by atoms with E-state index < -0.39 is 5.91 Å². The number of hydrogen-bond donors (Lipinski definition) is 1. The van der Waals surface area contributed by atoms with Gasteiger partial charge in [0.1, 0.15) is 41.4 Å². The van der Waals surface area contributed by atoms with Crippen LogP contribution in [0.5, 0.6) is 11.5 Å². The number of benzene rings is 2. The Kier molecular flexibility index (Phi) is 8.77. The number of nitrogens with one attached hydrogen (secondary N) is 1. The molecule has 0 aliphatic heterocycles. The van der Waals surface area contributed by atoms with E-state index in [0.717, 1.165) is 22.7 Å². The lowest BCUT2D eigenvalue weighted by atomic mass is 10.0. The van der Waals surface area contributed by atoms with Crippen molar-refractivity contribution < 1.29 is 14.3 Å². The summed E-state index contributed by atoms with van der Waals surface area (Å²) in [6, 6.07) is 15.4. The normalized spacial score (nSPS) is 11.2. The van der Waals surface area contributed by atoms with Crippen LogP contribution in [0.1, 0.15) is 48.4 Å². The number of anilines is 1. The predicted octanol–water partition coefficient (Wildman–Crippen LogP) is 5.54. The zero-order valence-electron chi connectivity index (χ0n) is 19.8. The zero-order valence-corrected chi connectivity index (χ0v) is 20.6. The summed E-state index contributed by atoms with van der Waals surface area (Å²) in [5, 5.41) is 21.1. The number of ether oxygens (including phenoxy) is 2. The van der Waals surface area contributed by atoms with E-state index in [9.17, 15) is 10.1 Å². The van der Waals surface area contributed by atoms with Crippen molar-refractivity contribution in [1.29, 1.82) is 5.26 Å². The van der Waals surface area contributed by atoms with Gasteiger partial charge in [-0.3, -0.25) is 10.1 Å². The van der Waals surface area contributed by atoms with Crippen LogP contribution in [0.25, 0.3) is 6.08 Å². The van der Waals surface area contributed by atoms with Crippen molar-refractivity contribution in [2.24, 2.45) is 0 Å². The molecule has 8 heteroatoms. The monoisotopic (exact) mass is 476 g/mol. The summed E-state index contributed by atoms with van der Waals surface area (Å²) >= 11 is 1.29. The first kappa shape index (κ1) is 24.9. The molecule has 1 aromatic heterocycles. The molecule has 0 atom stereocenters. The molecule has 0 radical (unpaired) electrons. The van der Waals surface area contributed by atoms with Gasteiger partial charge in [0.25, 0.3) is 5.91 Å². The Morgan fingerprint density at radius 2 is 1.97 bits per heavy atom. The lowest BCUT2D eigenvalue weighted by Gasteiger charge is -2.15. The summed E-state index contributed by atoms with van der Waals surface area (Å²) in [7, 11) is 0. The Bertz CT molecular complexity index is 1210. The Labute approximate surface area is 204 Å². The first-order valence-corrected chi connectivity index (χ1v) is 11.9. The SMILES string of the molecule is CCc1nnc(NC(=O)/C(C#N)=C\c2cccc(OCCOc3cc(C)ccc3C(C)C)c2)s1. The molecule has 3 rings (SSSR count). The van der Waals surface area contributed by atoms with E-state index in [0.29, 0.717) is 35.6 Å². The summed E-state index contributed by atoms with van der Waals surface area (Å²) in [5.74, 6) is 1.34. The van der Waals surface area contributed by atoms with E-state index in [1.54, 1.807) is 12.1 Å². The summed E-state index contributed by atoms with van der Waals surface area (Å²) in [6.07, 6.45) is 2.25. The third kappa shape index (κ3) is 6.90. The minimum Gasteiger partial charge on any atom is -0.490 e. The first-order chi connectivity index (χ1) is 16.4. The van der Waals surface area contributed by atoms with E-state index in [-0.39, 0.29) is 5.57 Å².